The molecular weight excluding hydrogens is 518 g/mol. The van der Waals surface area contributed by atoms with E-state index in [9.17, 15) is 14.0 Å². The van der Waals surface area contributed by atoms with Gasteiger partial charge in [-0.1, -0.05) is 12.1 Å². The lowest BCUT2D eigenvalue weighted by Gasteiger charge is -2.20. The minimum atomic E-state index is -0.808. The van der Waals surface area contributed by atoms with Gasteiger partial charge in [0.15, 0.2) is 11.9 Å². The van der Waals surface area contributed by atoms with Crippen LogP contribution in [0.5, 0.6) is 0 Å². The molecule has 0 saturated carbocycles. The second-order valence-corrected chi connectivity index (χ2v) is 7.73. The number of esters is 1. The van der Waals surface area contributed by atoms with Crippen LogP contribution in [0.1, 0.15) is 10.4 Å². The lowest BCUT2D eigenvalue weighted by atomic mass is 10.1. The van der Waals surface area contributed by atoms with Crippen LogP contribution < -0.4 is 5.56 Å². The standard InChI is InChI=1S/C22H20FIN2O5/c1-29-17(30-2)12-26-20(14-4-8-15(23)9-5-14)25-19(13-6-10-16(24)11-7-13)18(21(26)27)22(28)31-3/h4-11,17H,12H2,1-3H3. The number of aromatic nitrogens is 2. The second kappa shape index (κ2) is 10.1. The molecule has 0 bridgehead atoms. The van der Waals surface area contributed by atoms with Gasteiger partial charge in [0.25, 0.3) is 5.56 Å². The molecule has 0 aliphatic heterocycles. The van der Waals surface area contributed by atoms with Gasteiger partial charge in [-0.15, -0.1) is 0 Å². The zero-order valence-electron chi connectivity index (χ0n) is 17.1. The minimum absolute atomic E-state index is 0.0392. The van der Waals surface area contributed by atoms with E-state index in [-0.39, 0.29) is 23.6 Å². The van der Waals surface area contributed by atoms with E-state index in [0.717, 1.165) is 3.57 Å². The Hall–Kier alpha value is -2.63. The first-order valence-corrected chi connectivity index (χ1v) is 10.3. The second-order valence-electron chi connectivity index (χ2n) is 6.48. The average Bonchev–Trinajstić information content (AvgIpc) is 2.78. The van der Waals surface area contributed by atoms with Crippen molar-refractivity contribution in [3.63, 3.8) is 0 Å². The number of hydrogen-bond acceptors (Lipinski definition) is 6. The van der Waals surface area contributed by atoms with Gasteiger partial charge in [0.2, 0.25) is 0 Å². The molecule has 1 heterocycles. The highest BCUT2D eigenvalue weighted by Gasteiger charge is 2.26. The van der Waals surface area contributed by atoms with Crippen molar-refractivity contribution in [2.24, 2.45) is 0 Å². The molecule has 0 aliphatic rings. The van der Waals surface area contributed by atoms with Gasteiger partial charge in [0, 0.05) is 28.9 Å². The quantitative estimate of drug-likeness (QED) is 0.259. The Kier molecular flexibility index (Phi) is 7.52. The Labute approximate surface area is 191 Å². The molecule has 0 amide bonds. The Morgan fingerprint density at radius 1 is 1.03 bits per heavy atom. The molecule has 31 heavy (non-hydrogen) atoms. The van der Waals surface area contributed by atoms with Gasteiger partial charge < -0.3 is 14.2 Å². The number of methoxy groups -OCH3 is 3. The third kappa shape index (κ3) is 5.00. The van der Waals surface area contributed by atoms with E-state index in [1.54, 1.807) is 12.1 Å². The first-order valence-electron chi connectivity index (χ1n) is 9.20. The number of nitrogens with zero attached hydrogens (tertiary/aromatic N) is 2. The number of carbonyl (C=O) groups is 1. The summed E-state index contributed by atoms with van der Waals surface area (Å²) >= 11 is 2.16. The van der Waals surface area contributed by atoms with Crippen LogP contribution in [-0.4, -0.2) is 43.1 Å². The molecule has 3 rings (SSSR count). The largest absolute Gasteiger partial charge is 0.465 e. The van der Waals surface area contributed by atoms with Crippen LogP contribution in [-0.2, 0) is 20.8 Å². The van der Waals surface area contributed by atoms with Crippen LogP contribution in [0.15, 0.2) is 53.3 Å². The maximum atomic E-state index is 13.5. The Morgan fingerprint density at radius 2 is 1.61 bits per heavy atom. The number of rotatable bonds is 7. The molecule has 0 aliphatic carbocycles. The van der Waals surface area contributed by atoms with Gasteiger partial charge in [-0.05, 0) is 59.0 Å². The van der Waals surface area contributed by atoms with Crippen LogP contribution in [0.3, 0.4) is 0 Å². The molecule has 0 spiro atoms. The molecule has 162 valence electrons. The van der Waals surface area contributed by atoms with Crippen molar-refractivity contribution in [1.29, 1.82) is 0 Å². The van der Waals surface area contributed by atoms with Crippen molar-refractivity contribution in [2.75, 3.05) is 21.3 Å². The van der Waals surface area contributed by atoms with Crippen LogP contribution in [0.4, 0.5) is 4.39 Å². The highest BCUT2D eigenvalue weighted by molar-refractivity contribution is 14.1. The minimum Gasteiger partial charge on any atom is -0.465 e. The zero-order valence-corrected chi connectivity index (χ0v) is 19.3. The number of benzene rings is 2. The lowest BCUT2D eigenvalue weighted by Crippen LogP contribution is -2.35. The fraction of sp³-hybridized carbons (Fsp3) is 0.227. The first-order chi connectivity index (χ1) is 14.9. The summed E-state index contributed by atoms with van der Waals surface area (Å²) in [4.78, 5) is 30.7. The van der Waals surface area contributed by atoms with Gasteiger partial charge in [0.1, 0.15) is 11.6 Å². The topological polar surface area (TPSA) is 79.7 Å². The summed E-state index contributed by atoms with van der Waals surface area (Å²) < 4.78 is 31.1. The van der Waals surface area contributed by atoms with Crippen LogP contribution in [0.2, 0.25) is 0 Å². The number of halogens is 2. The molecule has 0 atom stereocenters. The number of hydrogen-bond donors (Lipinski definition) is 0. The van der Waals surface area contributed by atoms with Gasteiger partial charge >= 0.3 is 5.97 Å². The molecule has 0 fully saturated rings. The smallest absolute Gasteiger partial charge is 0.345 e. The summed E-state index contributed by atoms with van der Waals surface area (Å²) in [5.41, 5.74) is 0.417. The summed E-state index contributed by atoms with van der Waals surface area (Å²) in [6.45, 7) is -0.0392. The zero-order chi connectivity index (χ0) is 22.5. The summed E-state index contributed by atoms with van der Waals surface area (Å²) in [5.74, 6) is -0.990. The third-order valence-electron chi connectivity index (χ3n) is 4.64. The normalized spacial score (nSPS) is 11.0. The van der Waals surface area contributed by atoms with E-state index < -0.39 is 23.6 Å². The van der Waals surface area contributed by atoms with E-state index in [1.165, 1.54) is 50.2 Å². The molecule has 0 unspecified atom stereocenters. The van der Waals surface area contributed by atoms with Crippen molar-refractivity contribution in [2.45, 2.75) is 12.8 Å². The summed E-state index contributed by atoms with van der Waals surface area (Å²) in [6.07, 6.45) is -0.770. The van der Waals surface area contributed by atoms with Crippen molar-refractivity contribution >= 4 is 28.6 Å². The molecule has 0 radical (unpaired) electrons. The van der Waals surface area contributed by atoms with Gasteiger partial charge in [-0.3, -0.25) is 9.36 Å². The SMILES string of the molecule is COC(=O)c1c(-c2ccc(I)cc2)nc(-c2ccc(F)cc2)n(CC(OC)OC)c1=O. The fourth-order valence-electron chi connectivity index (χ4n) is 3.04. The maximum absolute atomic E-state index is 13.5. The van der Waals surface area contributed by atoms with Gasteiger partial charge in [-0.25, -0.2) is 14.2 Å². The summed E-state index contributed by atoms with van der Waals surface area (Å²) in [6, 6.07) is 12.8. The van der Waals surface area contributed by atoms with E-state index in [0.29, 0.717) is 11.1 Å². The third-order valence-corrected chi connectivity index (χ3v) is 5.36. The van der Waals surface area contributed by atoms with Crippen LogP contribution in [0, 0.1) is 9.39 Å². The Morgan fingerprint density at radius 3 is 2.16 bits per heavy atom. The Bertz CT molecular complexity index is 1130. The van der Waals surface area contributed by atoms with Crippen molar-refractivity contribution in [1.82, 2.24) is 9.55 Å². The average molecular weight is 538 g/mol. The predicted octanol–water partition coefficient (Wildman–Crippen LogP) is 3.73. The molecule has 7 nitrogen and oxygen atoms in total. The fourth-order valence-corrected chi connectivity index (χ4v) is 3.40. The molecule has 1 aromatic heterocycles. The number of carbonyl (C=O) groups excluding carboxylic acids is 1. The van der Waals surface area contributed by atoms with E-state index in [2.05, 4.69) is 27.6 Å². The maximum Gasteiger partial charge on any atom is 0.345 e. The highest BCUT2D eigenvalue weighted by atomic mass is 127. The van der Waals surface area contributed by atoms with Gasteiger partial charge in [0.05, 0.1) is 19.3 Å². The van der Waals surface area contributed by atoms with E-state index in [4.69, 9.17) is 14.2 Å². The molecule has 9 heteroatoms. The molecular formula is C22H20FIN2O5. The molecule has 3 aromatic rings. The summed E-state index contributed by atoms with van der Waals surface area (Å²) in [5, 5.41) is 0. The summed E-state index contributed by atoms with van der Waals surface area (Å²) in [7, 11) is 4.07. The van der Waals surface area contributed by atoms with Crippen molar-refractivity contribution in [3.05, 3.63) is 73.8 Å². The number of ether oxygens (including phenoxy) is 3. The molecule has 0 N–H and O–H groups in total. The van der Waals surface area contributed by atoms with Crippen LogP contribution >= 0.6 is 22.6 Å². The monoisotopic (exact) mass is 538 g/mol. The van der Waals surface area contributed by atoms with Crippen molar-refractivity contribution in [3.8, 4) is 22.6 Å². The lowest BCUT2D eigenvalue weighted by molar-refractivity contribution is -0.111. The van der Waals surface area contributed by atoms with Crippen molar-refractivity contribution < 1.29 is 23.4 Å². The van der Waals surface area contributed by atoms with E-state index >= 15 is 0 Å². The first kappa shape index (κ1) is 23.0. The highest BCUT2D eigenvalue weighted by Crippen LogP contribution is 2.26. The predicted molar refractivity (Wildman–Crippen MR) is 121 cm³/mol. The Balaban J connectivity index is 2.35. The molecule has 0 saturated heterocycles. The van der Waals surface area contributed by atoms with Crippen LogP contribution in [0.25, 0.3) is 22.6 Å². The molecule has 2 aromatic carbocycles. The van der Waals surface area contributed by atoms with E-state index in [1.807, 2.05) is 12.1 Å². The van der Waals surface area contributed by atoms with Gasteiger partial charge in [-0.2, -0.15) is 0 Å².